The third-order valence-electron chi connectivity index (χ3n) is 5.24. The Morgan fingerprint density at radius 3 is 2.21 bits per heavy atom. The highest BCUT2D eigenvalue weighted by molar-refractivity contribution is 5.74. The van der Waals surface area contributed by atoms with Gasteiger partial charge in [-0.15, -0.1) is 0 Å². The number of hydrogen-bond donors (Lipinski definition) is 2. The molecule has 186 valence electrons. The lowest BCUT2D eigenvalue weighted by Crippen LogP contribution is -2.48. The minimum absolute atomic E-state index is 0.0844. The maximum absolute atomic E-state index is 12.7. The smallest absolute Gasteiger partial charge is 0.367 e. The van der Waals surface area contributed by atoms with E-state index in [1.807, 2.05) is 4.90 Å². The molecule has 0 saturated carbocycles. The molecule has 0 radical (unpaired) electrons. The first-order valence-electron chi connectivity index (χ1n) is 10.5. The molecule has 2 heterocycles. The highest BCUT2D eigenvalue weighted by atomic mass is 19.4. The molecule has 1 aromatic carbocycles. The lowest BCUT2D eigenvalue weighted by Gasteiger charge is -2.33. The van der Waals surface area contributed by atoms with Crippen LogP contribution in [0.3, 0.4) is 0 Å². The van der Waals surface area contributed by atoms with Crippen molar-refractivity contribution in [3.8, 4) is 0 Å². The number of anilines is 1. The molecular formula is C22H24F6N4O2. The zero-order valence-corrected chi connectivity index (χ0v) is 18.0. The minimum atomic E-state index is -4.43. The number of halogens is 6. The van der Waals surface area contributed by atoms with Crippen LogP contribution in [0.5, 0.6) is 0 Å². The summed E-state index contributed by atoms with van der Waals surface area (Å²) in [5, 5.41) is 5.60. The molecule has 1 aliphatic heterocycles. The van der Waals surface area contributed by atoms with Crippen molar-refractivity contribution in [2.24, 2.45) is 0 Å². The van der Waals surface area contributed by atoms with Crippen LogP contribution in [-0.4, -0.2) is 42.9 Å². The number of nitrogens with one attached hydrogen (secondary N) is 2. The van der Waals surface area contributed by atoms with Gasteiger partial charge in [0.15, 0.2) is 0 Å². The fourth-order valence-corrected chi connectivity index (χ4v) is 3.45. The van der Waals surface area contributed by atoms with Gasteiger partial charge in [0.1, 0.15) is 12.4 Å². The van der Waals surface area contributed by atoms with Crippen molar-refractivity contribution in [2.75, 3.05) is 24.6 Å². The molecule has 0 unspecified atom stereocenters. The van der Waals surface area contributed by atoms with Gasteiger partial charge in [0.05, 0.1) is 12.2 Å². The molecule has 1 aliphatic rings. The molecule has 6 nitrogen and oxygen atoms in total. The van der Waals surface area contributed by atoms with Crippen LogP contribution in [0.25, 0.3) is 0 Å². The molecule has 0 spiro atoms. The second-order valence-corrected chi connectivity index (χ2v) is 7.92. The fourth-order valence-electron chi connectivity index (χ4n) is 3.45. The average molecular weight is 490 g/mol. The number of urea groups is 1. The molecule has 1 fully saturated rings. The monoisotopic (exact) mass is 490 g/mol. The topological polar surface area (TPSA) is 66.5 Å². The van der Waals surface area contributed by atoms with Crippen LogP contribution in [0.1, 0.15) is 29.5 Å². The van der Waals surface area contributed by atoms with Gasteiger partial charge in [-0.05, 0) is 36.1 Å². The summed E-state index contributed by atoms with van der Waals surface area (Å²) >= 11 is 0. The van der Waals surface area contributed by atoms with Gasteiger partial charge in [0.25, 0.3) is 0 Å². The molecule has 2 N–H and O–H groups in total. The molecule has 0 bridgehead atoms. The molecule has 2 amide bonds. The Hall–Kier alpha value is -3.02. The Morgan fingerprint density at radius 1 is 1.00 bits per heavy atom. The first kappa shape index (κ1) is 25.6. The number of ether oxygens (including phenoxy) is 1. The summed E-state index contributed by atoms with van der Waals surface area (Å²) in [6.45, 7) is -0.142. The summed E-state index contributed by atoms with van der Waals surface area (Å²) in [4.78, 5) is 18.0. The van der Waals surface area contributed by atoms with E-state index in [4.69, 9.17) is 0 Å². The molecular weight excluding hydrogens is 466 g/mol. The lowest BCUT2D eigenvalue weighted by molar-refractivity contribution is -0.176. The van der Waals surface area contributed by atoms with Crippen molar-refractivity contribution in [1.29, 1.82) is 0 Å². The molecule has 12 heteroatoms. The van der Waals surface area contributed by atoms with E-state index in [9.17, 15) is 31.1 Å². The van der Waals surface area contributed by atoms with Gasteiger partial charge in [-0.3, -0.25) is 0 Å². The predicted octanol–water partition coefficient (Wildman–Crippen LogP) is 4.65. The Balaban J connectivity index is 1.37. The van der Waals surface area contributed by atoms with Crippen LogP contribution in [0.2, 0.25) is 0 Å². The predicted molar refractivity (Wildman–Crippen MR) is 112 cm³/mol. The van der Waals surface area contributed by atoms with Gasteiger partial charge in [-0.25, -0.2) is 9.78 Å². The van der Waals surface area contributed by atoms with E-state index in [-0.39, 0.29) is 25.2 Å². The second-order valence-electron chi connectivity index (χ2n) is 7.92. The number of aromatic nitrogens is 1. The van der Waals surface area contributed by atoms with Gasteiger partial charge in [-0.1, -0.05) is 24.3 Å². The maximum Gasteiger partial charge on any atom is 0.417 e. The van der Waals surface area contributed by atoms with Crippen molar-refractivity contribution in [3.05, 3.63) is 59.3 Å². The number of piperidine rings is 1. The van der Waals surface area contributed by atoms with E-state index in [1.165, 1.54) is 6.07 Å². The average Bonchev–Trinajstić information content (AvgIpc) is 2.78. The van der Waals surface area contributed by atoms with Gasteiger partial charge >= 0.3 is 18.4 Å². The van der Waals surface area contributed by atoms with Crippen molar-refractivity contribution < 1.29 is 35.9 Å². The second kappa shape index (κ2) is 10.9. The number of pyridine rings is 1. The highest BCUT2D eigenvalue weighted by Gasteiger charge is 2.31. The highest BCUT2D eigenvalue weighted by Crippen LogP contribution is 2.29. The summed E-state index contributed by atoms with van der Waals surface area (Å²) in [6, 6.07) is 8.57. The summed E-state index contributed by atoms with van der Waals surface area (Å²) in [5.74, 6) is 0.461. The summed E-state index contributed by atoms with van der Waals surface area (Å²) in [7, 11) is 0. The normalized spacial score (nSPS) is 15.3. The van der Waals surface area contributed by atoms with Crippen LogP contribution >= 0.6 is 0 Å². The van der Waals surface area contributed by atoms with E-state index in [0.717, 1.165) is 17.8 Å². The maximum atomic E-state index is 12.7. The quantitative estimate of drug-likeness (QED) is 0.555. The number of hydrogen-bond acceptors (Lipinski definition) is 4. The number of nitrogens with zero attached hydrogens (tertiary/aromatic N) is 2. The van der Waals surface area contributed by atoms with Crippen molar-refractivity contribution in [2.45, 2.75) is 44.4 Å². The third-order valence-corrected chi connectivity index (χ3v) is 5.24. The van der Waals surface area contributed by atoms with E-state index in [2.05, 4.69) is 20.4 Å². The van der Waals surface area contributed by atoms with E-state index in [1.54, 1.807) is 24.3 Å². The van der Waals surface area contributed by atoms with E-state index >= 15 is 0 Å². The number of carbonyl (C=O) groups is 1. The van der Waals surface area contributed by atoms with Gasteiger partial charge < -0.3 is 20.3 Å². The molecule has 34 heavy (non-hydrogen) atoms. The summed E-state index contributed by atoms with van der Waals surface area (Å²) < 4.78 is 78.9. The van der Waals surface area contributed by atoms with Crippen LogP contribution in [-0.2, 0) is 24.1 Å². The molecule has 1 saturated heterocycles. The first-order valence-corrected chi connectivity index (χ1v) is 10.5. The summed E-state index contributed by atoms with van der Waals surface area (Å²) in [6.07, 6.45) is -6.75. The lowest BCUT2D eigenvalue weighted by atomic mass is 10.1. The summed E-state index contributed by atoms with van der Waals surface area (Å²) in [5.41, 5.74) is 0.568. The van der Waals surface area contributed by atoms with Crippen molar-refractivity contribution >= 4 is 11.8 Å². The van der Waals surface area contributed by atoms with Crippen molar-refractivity contribution in [3.63, 3.8) is 0 Å². The van der Waals surface area contributed by atoms with Crippen LogP contribution < -0.4 is 15.5 Å². The number of benzene rings is 1. The van der Waals surface area contributed by atoms with Gasteiger partial charge in [0.2, 0.25) is 0 Å². The van der Waals surface area contributed by atoms with Gasteiger partial charge in [-0.2, -0.15) is 26.3 Å². The Kier molecular flexibility index (Phi) is 8.24. The zero-order chi connectivity index (χ0) is 24.8. The largest absolute Gasteiger partial charge is 0.417 e. The molecule has 3 rings (SSSR count). The Bertz CT molecular complexity index is 924. The molecule has 1 aromatic heterocycles. The van der Waals surface area contributed by atoms with Crippen LogP contribution in [0.4, 0.5) is 37.0 Å². The molecule has 0 aliphatic carbocycles. The van der Waals surface area contributed by atoms with Crippen LogP contribution in [0.15, 0.2) is 42.6 Å². The standard InChI is InChI=1S/C22H24F6N4O2/c23-21(24,25)14-34-13-16-3-1-15(2-4-16)11-30-20(33)31-18-7-9-32(10-8-18)19-6-5-17(12-29-19)22(26,27)28/h1-6,12,18H,7-11,13-14H2,(H2,30,31,33). The number of rotatable bonds is 7. The molecule has 2 aromatic rings. The van der Waals surface area contributed by atoms with Gasteiger partial charge in [0, 0.05) is 31.9 Å². The SMILES string of the molecule is O=C(NCc1ccc(COCC(F)(F)F)cc1)NC1CCN(c2ccc(C(F)(F)F)cn2)CC1. The third kappa shape index (κ3) is 8.08. The first-order chi connectivity index (χ1) is 16.0. The van der Waals surface area contributed by atoms with Crippen molar-refractivity contribution in [1.82, 2.24) is 15.6 Å². The zero-order valence-electron chi connectivity index (χ0n) is 18.0. The number of carbonyl (C=O) groups excluding carboxylic acids is 1. The van der Waals surface area contributed by atoms with Crippen LogP contribution in [0, 0.1) is 0 Å². The fraction of sp³-hybridized carbons (Fsp3) is 0.455. The molecule has 0 atom stereocenters. The minimum Gasteiger partial charge on any atom is -0.367 e. The number of amides is 2. The Labute approximate surface area is 192 Å². The van der Waals surface area contributed by atoms with E-state index in [0.29, 0.717) is 37.3 Å². The Morgan fingerprint density at radius 2 is 1.65 bits per heavy atom. The van der Waals surface area contributed by atoms with E-state index < -0.39 is 24.5 Å². The number of alkyl halides is 6.